The molecule has 28 heavy (non-hydrogen) atoms. The van der Waals surface area contributed by atoms with Crippen LogP contribution in [0.2, 0.25) is 0 Å². The Kier molecular flexibility index (Phi) is 4.37. The van der Waals surface area contributed by atoms with Crippen LogP contribution in [0, 0.1) is 0 Å². The standard InChI is InChI=1S/C21H19N5OS/c27-20-22-23-21(26(20)18-11-12-18)28-14-16-13-25(17-9-5-2-6-10-17)24-19(16)15-7-3-1-4-8-15/h1-10,13,18H,11-12,14H2,(H,22,27). The summed E-state index contributed by atoms with van der Waals surface area (Å²) < 4.78 is 3.70. The third-order valence-corrected chi connectivity index (χ3v) is 5.80. The van der Waals surface area contributed by atoms with Gasteiger partial charge in [0.1, 0.15) is 0 Å². The Morgan fingerprint density at radius 2 is 1.75 bits per heavy atom. The average molecular weight is 389 g/mol. The predicted molar refractivity (Wildman–Crippen MR) is 110 cm³/mol. The first-order chi connectivity index (χ1) is 13.8. The first-order valence-electron chi connectivity index (χ1n) is 9.29. The number of hydrogen-bond donors (Lipinski definition) is 1. The van der Waals surface area contributed by atoms with Crippen molar-refractivity contribution in [3.8, 4) is 16.9 Å². The minimum absolute atomic E-state index is 0.117. The van der Waals surface area contributed by atoms with E-state index >= 15 is 0 Å². The average Bonchev–Trinajstić information content (AvgIpc) is 3.37. The number of H-pyrrole nitrogens is 1. The molecule has 6 nitrogen and oxygen atoms in total. The van der Waals surface area contributed by atoms with E-state index in [9.17, 15) is 4.79 Å². The van der Waals surface area contributed by atoms with Crippen molar-refractivity contribution < 1.29 is 0 Å². The van der Waals surface area contributed by atoms with E-state index in [1.54, 1.807) is 16.3 Å². The lowest BCUT2D eigenvalue weighted by Gasteiger charge is -2.04. The minimum atomic E-state index is -0.117. The van der Waals surface area contributed by atoms with Crippen LogP contribution in [-0.2, 0) is 5.75 Å². The van der Waals surface area contributed by atoms with Crippen LogP contribution >= 0.6 is 11.8 Å². The lowest BCUT2D eigenvalue weighted by molar-refractivity contribution is 0.642. The van der Waals surface area contributed by atoms with Crippen molar-refractivity contribution >= 4 is 11.8 Å². The minimum Gasteiger partial charge on any atom is -0.267 e. The maximum absolute atomic E-state index is 12.0. The Morgan fingerprint density at radius 1 is 1.04 bits per heavy atom. The highest BCUT2D eigenvalue weighted by Gasteiger charge is 2.28. The lowest BCUT2D eigenvalue weighted by atomic mass is 10.1. The van der Waals surface area contributed by atoms with Gasteiger partial charge in [-0.05, 0) is 25.0 Å². The van der Waals surface area contributed by atoms with Crippen molar-refractivity contribution in [2.75, 3.05) is 0 Å². The third-order valence-electron chi connectivity index (χ3n) is 4.80. The van der Waals surface area contributed by atoms with E-state index < -0.39 is 0 Å². The molecule has 0 bridgehead atoms. The molecule has 1 fully saturated rings. The molecule has 0 radical (unpaired) electrons. The maximum Gasteiger partial charge on any atom is 0.344 e. The number of aromatic nitrogens is 5. The Labute approximate surface area is 166 Å². The molecule has 1 aliphatic rings. The Balaban J connectivity index is 1.49. The molecular weight excluding hydrogens is 370 g/mol. The van der Waals surface area contributed by atoms with E-state index in [1.165, 1.54) is 0 Å². The molecule has 1 aliphatic carbocycles. The van der Waals surface area contributed by atoms with Gasteiger partial charge in [-0.15, -0.1) is 5.10 Å². The summed E-state index contributed by atoms with van der Waals surface area (Å²) in [6.07, 6.45) is 4.17. The number of nitrogens with zero attached hydrogens (tertiary/aromatic N) is 4. The fourth-order valence-corrected chi connectivity index (χ4v) is 4.23. The van der Waals surface area contributed by atoms with E-state index in [4.69, 9.17) is 5.10 Å². The second-order valence-electron chi connectivity index (χ2n) is 6.85. The number of benzene rings is 2. The molecule has 4 aromatic rings. The number of rotatable bonds is 6. The number of aromatic amines is 1. The van der Waals surface area contributed by atoms with Gasteiger partial charge in [-0.1, -0.05) is 60.3 Å². The van der Waals surface area contributed by atoms with E-state index in [0.717, 1.165) is 40.5 Å². The van der Waals surface area contributed by atoms with Crippen LogP contribution in [0.1, 0.15) is 24.4 Å². The number of para-hydroxylation sites is 1. The van der Waals surface area contributed by atoms with Crippen LogP contribution in [0.4, 0.5) is 0 Å². The largest absolute Gasteiger partial charge is 0.344 e. The first-order valence-corrected chi connectivity index (χ1v) is 10.3. The van der Waals surface area contributed by atoms with Gasteiger partial charge in [-0.25, -0.2) is 14.6 Å². The molecular formula is C21H19N5OS. The summed E-state index contributed by atoms with van der Waals surface area (Å²) in [6.45, 7) is 0. The molecule has 0 amide bonds. The quantitative estimate of drug-likeness (QED) is 0.505. The van der Waals surface area contributed by atoms with Crippen molar-refractivity contribution in [3.63, 3.8) is 0 Å². The van der Waals surface area contributed by atoms with Crippen molar-refractivity contribution in [2.45, 2.75) is 29.8 Å². The van der Waals surface area contributed by atoms with E-state index in [2.05, 4.69) is 28.5 Å². The van der Waals surface area contributed by atoms with Crippen LogP contribution in [0.3, 0.4) is 0 Å². The zero-order valence-electron chi connectivity index (χ0n) is 15.2. The molecule has 7 heteroatoms. The number of hydrogen-bond acceptors (Lipinski definition) is 4. The molecule has 0 aliphatic heterocycles. The normalized spacial score (nSPS) is 13.7. The topological polar surface area (TPSA) is 68.5 Å². The van der Waals surface area contributed by atoms with Crippen LogP contribution in [0.15, 0.2) is 76.8 Å². The Bertz CT molecular complexity index is 1140. The molecule has 0 spiro atoms. The van der Waals surface area contributed by atoms with Gasteiger partial charge >= 0.3 is 5.69 Å². The second kappa shape index (κ2) is 7.16. The van der Waals surface area contributed by atoms with E-state index in [-0.39, 0.29) is 5.69 Å². The lowest BCUT2D eigenvalue weighted by Crippen LogP contribution is -2.16. The Morgan fingerprint density at radius 3 is 2.46 bits per heavy atom. The van der Waals surface area contributed by atoms with Gasteiger partial charge in [0.15, 0.2) is 5.16 Å². The van der Waals surface area contributed by atoms with Gasteiger partial charge in [-0.2, -0.15) is 5.10 Å². The second-order valence-corrected chi connectivity index (χ2v) is 7.79. The first kappa shape index (κ1) is 17.1. The number of nitrogens with one attached hydrogen (secondary N) is 1. The van der Waals surface area contributed by atoms with Crippen LogP contribution in [0.5, 0.6) is 0 Å². The summed E-state index contributed by atoms with van der Waals surface area (Å²) in [4.78, 5) is 12.0. The van der Waals surface area contributed by atoms with Crippen molar-refractivity contribution in [3.05, 3.63) is 82.9 Å². The summed E-state index contributed by atoms with van der Waals surface area (Å²) in [5.41, 5.74) is 4.04. The smallest absolute Gasteiger partial charge is 0.267 e. The zero-order valence-corrected chi connectivity index (χ0v) is 16.0. The molecule has 1 saturated carbocycles. The molecule has 2 heterocycles. The number of thioether (sulfide) groups is 1. The zero-order chi connectivity index (χ0) is 18.9. The van der Waals surface area contributed by atoms with Gasteiger partial charge in [-0.3, -0.25) is 4.57 Å². The van der Waals surface area contributed by atoms with Gasteiger partial charge in [0.05, 0.1) is 11.4 Å². The highest BCUT2D eigenvalue weighted by Crippen LogP contribution is 2.37. The van der Waals surface area contributed by atoms with Gasteiger partial charge < -0.3 is 0 Å². The van der Waals surface area contributed by atoms with Crippen molar-refractivity contribution in [1.29, 1.82) is 0 Å². The summed E-state index contributed by atoms with van der Waals surface area (Å²) in [6, 6.07) is 20.6. The molecule has 0 unspecified atom stereocenters. The van der Waals surface area contributed by atoms with Crippen LogP contribution in [-0.4, -0.2) is 24.5 Å². The molecule has 140 valence electrons. The van der Waals surface area contributed by atoms with Crippen LogP contribution < -0.4 is 5.69 Å². The van der Waals surface area contributed by atoms with E-state index in [1.807, 2.05) is 53.2 Å². The molecule has 2 aromatic heterocycles. The fraction of sp³-hybridized carbons (Fsp3) is 0.190. The molecule has 2 aromatic carbocycles. The summed E-state index contributed by atoms with van der Waals surface area (Å²) in [5.74, 6) is 0.689. The molecule has 0 saturated heterocycles. The van der Waals surface area contributed by atoms with Crippen molar-refractivity contribution in [1.82, 2.24) is 24.5 Å². The fourth-order valence-electron chi connectivity index (χ4n) is 3.26. The van der Waals surface area contributed by atoms with Gasteiger partial charge in [0.25, 0.3) is 0 Å². The summed E-state index contributed by atoms with van der Waals surface area (Å²) >= 11 is 1.57. The van der Waals surface area contributed by atoms with Gasteiger partial charge in [0, 0.05) is 29.1 Å². The Hall–Kier alpha value is -3.06. The maximum atomic E-state index is 12.0. The SMILES string of the molecule is O=c1[nH]nc(SCc2cn(-c3ccccc3)nc2-c2ccccc2)n1C1CC1. The molecule has 0 atom stereocenters. The molecule has 5 rings (SSSR count). The summed E-state index contributed by atoms with van der Waals surface area (Å²) in [7, 11) is 0. The highest BCUT2D eigenvalue weighted by atomic mass is 32.2. The van der Waals surface area contributed by atoms with Crippen molar-refractivity contribution in [2.24, 2.45) is 0 Å². The van der Waals surface area contributed by atoms with Gasteiger partial charge in [0.2, 0.25) is 0 Å². The highest BCUT2D eigenvalue weighted by molar-refractivity contribution is 7.98. The van der Waals surface area contributed by atoms with Crippen LogP contribution in [0.25, 0.3) is 16.9 Å². The third kappa shape index (κ3) is 3.29. The summed E-state index contributed by atoms with van der Waals surface area (Å²) in [5, 5.41) is 12.4. The predicted octanol–water partition coefficient (Wildman–Crippen LogP) is 4.05. The van der Waals surface area contributed by atoms with E-state index in [0.29, 0.717) is 11.8 Å². The molecule has 1 N–H and O–H groups in total. The monoisotopic (exact) mass is 389 g/mol.